The Hall–Kier alpha value is -3.11. The van der Waals surface area contributed by atoms with E-state index in [9.17, 15) is 13.2 Å². The molecule has 0 N–H and O–H groups in total. The third kappa shape index (κ3) is 4.88. The lowest BCUT2D eigenvalue weighted by molar-refractivity contribution is 0.181. The Labute approximate surface area is 202 Å². The van der Waals surface area contributed by atoms with Crippen molar-refractivity contribution in [2.24, 2.45) is 0 Å². The van der Waals surface area contributed by atoms with Crippen LogP contribution in [0.25, 0.3) is 22.3 Å². The van der Waals surface area contributed by atoms with Crippen molar-refractivity contribution >= 4 is 32.4 Å². The number of piperazine rings is 1. The van der Waals surface area contributed by atoms with Crippen LogP contribution < -0.4 is 5.56 Å². The number of fused-ring (bicyclic) bond motifs is 1. The van der Waals surface area contributed by atoms with Crippen LogP contribution >= 0.6 is 11.3 Å². The summed E-state index contributed by atoms with van der Waals surface area (Å²) in [7, 11) is -3.48. The summed E-state index contributed by atoms with van der Waals surface area (Å²) < 4.78 is 28.5. The van der Waals surface area contributed by atoms with E-state index < -0.39 is 10.0 Å². The van der Waals surface area contributed by atoms with Gasteiger partial charge in [0.25, 0.3) is 5.56 Å². The average Bonchev–Trinajstić information content (AvgIpc) is 3.29. The Balaban J connectivity index is 1.25. The zero-order valence-corrected chi connectivity index (χ0v) is 20.1. The molecule has 9 heteroatoms. The maximum Gasteiger partial charge on any atom is 0.259 e. The molecule has 0 saturated carbocycles. The van der Waals surface area contributed by atoms with Crippen LogP contribution in [0.3, 0.4) is 0 Å². The molecule has 1 saturated heterocycles. The van der Waals surface area contributed by atoms with Gasteiger partial charge in [-0.05, 0) is 17.2 Å². The van der Waals surface area contributed by atoms with Crippen molar-refractivity contribution in [1.29, 1.82) is 0 Å². The first-order chi connectivity index (χ1) is 16.5. The van der Waals surface area contributed by atoms with Gasteiger partial charge in [-0.15, -0.1) is 11.3 Å². The van der Waals surface area contributed by atoms with E-state index >= 15 is 0 Å². The number of aromatic nitrogens is 2. The van der Waals surface area contributed by atoms with E-state index in [0.717, 1.165) is 16.8 Å². The van der Waals surface area contributed by atoms with Gasteiger partial charge in [0.2, 0.25) is 10.0 Å². The van der Waals surface area contributed by atoms with Crippen molar-refractivity contribution in [3.8, 4) is 11.3 Å². The fraction of sp³-hybridized carbons (Fsp3) is 0.200. The molecule has 0 spiro atoms. The molecule has 0 aliphatic carbocycles. The molecular weight excluding hydrogens is 468 g/mol. The second kappa shape index (κ2) is 9.63. The summed E-state index contributed by atoms with van der Waals surface area (Å²) in [6, 6.07) is 20.8. The van der Waals surface area contributed by atoms with Gasteiger partial charge in [0.05, 0.1) is 11.4 Å². The molecule has 2 aromatic heterocycles. The van der Waals surface area contributed by atoms with Gasteiger partial charge in [-0.2, -0.15) is 4.31 Å². The Morgan fingerprint density at radius 1 is 0.941 bits per heavy atom. The first kappa shape index (κ1) is 22.7. The van der Waals surface area contributed by atoms with Crippen molar-refractivity contribution in [3.63, 3.8) is 0 Å². The number of rotatable bonds is 6. The summed E-state index contributed by atoms with van der Waals surface area (Å²) in [5, 5.41) is 3.23. The van der Waals surface area contributed by atoms with Crippen LogP contribution in [-0.2, 0) is 16.6 Å². The van der Waals surface area contributed by atoms with E-state index in [4.69, 9.17) is 4.98 Å². The predicted molar refractivity (Wildman–Crippen MR) is 136 cm³/mol. The first-order valence-electron chi connectivity index (χ1n) is 11.0. The second-order valence-electron chi connectivity index (χ2n) is 8.12. The highest BCUT2D eigenvalue weighted by atomic mass is 32.2. The summed E-state index contributed by atoms with van der Waals surface area (Å²) >= 11 is 1.44. The number of nitrogens with zero attached hydrogens (tertiary/aromatic N) is 4. The molecule has 4 aromatic rings. The molecule has 0 bridgehead atoms. The van der Waals surface area contributed by atoms with E-state index in [2.05, 4.69) is 4.90 Å². The van der Waals surface area contributed by atoms with Crippen molar-refractivity contribution in [1.82, 2.24) is 18.6 Å². The summed E-state index contributed by atoms with van der Waals surface area (Å²) in [6.45, 7) is 2.48. The minimum atomic E-state index is -3.48. The molecule has 174 valence electrons. The largest absolute Gasteiger partial charge is 0.295 e. The van der Waals surface area contributed by atoms with Crippen molar-refractivity contribution in [3.05, 3.63) is 99.1 Å². The fourth-order valence-corrected chi connectivity index (χ4v) is 6.14. The molecule has 2 aromatic carbocycles. The van der Waals surface area contributed by atoms with Crippen LogP contribution in [0, 0.1) is 0 Å². The number of benzene rings is 2. The molecule has 34 heavy (non-hydrogen) atoms. The minimum absolute atomic E-state index is 0.104. The van der Waals surface area contributed by atoms with Gasteiger partial charge < -0.3 is 0 Å². The Morgan fingerprint density at radius 3 is 2.32 bits per heavy atom. The molecule has 0 amide bonds. The van der Waals surface area contributed by atoms with Crippen LogP contribution in [-0.4, -0.2) is 53.2 Å². The Morgan fingerprint density at radius 2 is 1.62 bits per heavy atom. The smallest absolute Gasteiger partial charge is 0.259 e. The normalized spacial score (nSPS) is 15.9. The number of thiazole rings is 1. The average molecular weight is 493 g/mol. The van der Waals surface area contributed by atoms with Gasteiger partial charge >= 0.3 is 0 Å². The summed E-state index contributed by atoms with van der Waals surface area (Å²) in [5.41, 5.74) is 3.26. The van der Waals surface area contributed by atoms with Crippen LogP contribution in [0.1, 0.15) is 11.3 Å². The molecule has 1 aliphatic heterocycles. The van der Waals surface area contributed by atoms with E-state index in [1.807, 2.05) is 66.0 Å². The molecule has 3 heterocycles. The molecule has 1 fully saturated rings. The molecule has 0 unspecified atom stereocenters. The Kier molecular flexibility index (Phi) is 6.42. The standard InChI is InChI=1S/C25H24N4O3S2/c30-24-17-22(26-25-29(24)23(19-33-25)21-9-5-2-6-10-21)18-27-12-14-28(15-13-27)34(31,32)16-11-20-7-3-1-4-8-20/h1-11,16-17,19H,12-15,18H2. The van der Waals surface area contributed by atoms with Crippen molar-refractivity contribution in [2.75, 3.05) is 26.2 Å². The van der Waals surface area contributed by atoms with E-state index in [0.29, 0.717) is 43.4 Å². The zero-order valence-electron chi connectivity index (χ0n) is 18.4. The molecule has 0 atom stereocenters. The topological polar surface area (TPSA) is 75.0 Å². The second-order valence-corrected chi connectivity index (χ2v) is 10.8. The predicted octanol–water partition coefficient (Wildman–Crippen LogP) is 3.54. The Bertz CT molecular complexity index is 1470. The maximum atomic E-state index is 12.9. The SMILES string of the molecule is O=c1cc(CN2CCN(S(=O)(=O)C=Cc3ccccc3)CC2)nc2scc(-c3ccccc3)n12. The van der Waals surface area contributed by atoms with E-state index in [-0.39, 0.29) is 5.56 Å². The fourth-order valence-electron chi connectivity index (χ4n) is 4.04. The lowest BCUT2D eigenvalue weighted by atomic mass is 10.2. The molecule has 5 rings (SSSR count). The minimum Gasteiger partial charge on any atom is -0.295 e. The maximum absolute atomic E-state index is 12.9. The number of sulfonamides is 1. The number of hydrogen-bond donors (Lipinski definition) is 0. The van der Waals surface area contributed by atoms with Crippen LogP contribution in [0.5, 0.6) is 0 Å². The van der Waals surface area contributed by atoms with Crippen LogP contribution in [0.2, 0.25) is 0 Å². The first-order valence-corrected chi connectivity index (χ1v) is 13.4. The summed E-state index contributed by atoms with van der Waals surface area (Å²) in [6.07, 6.45) is 1.62. The van der Waals surface area contributed by atoms with Gasteiger partial charge in [0, 0.05) is 49.6 Å². The summed E-state index contributed by atoms with van der Waals surface area (Å²) in [4.78, 5) is 20.4. The van der Waals surface area contributed by atoms with Gasteiger partial charge in [0.1, 0.15) is 0 Å². The van der Waals surface area contributed by atoms with Gasteiger partial charge in [-0.1, -0.05) is 60.7 Å². The van der Waals surface area contributed by atoms with Crippen LogP contribution in [0.15, 0.2) is 82.3 Å². The lowest BCUT2D eigenvalue weighted by Crippen LogP contribution is -2.47. The molecule has 1 aliphatic rings. The summed E-state index contributed by atoms with van der Waals surface area (Å²) in [5.74, 6) is 0. The quantitative estimate of drug-likeness (QED) is 0.412. The monoisotopic (exact) mass is 492 g/mol. The van der Waals surface area contributed by atoms with E-state index in [1.165, 1.54) is 21.1 Å². The van der Waals surface area contributed by atoms with Gasteiger partial charge in [-0.3, -0.25) is 14.1 Å². The van der Waals surface area contributed by atoms with Gasteiger partial charge in [0.15, 0.2) is 4.96 Å². The van der Waals surface area contributed by atoms with E-state index in [1.54, 1.807) is 16.5 Å². The molecular formula is C25H24N4O3S2. The lowest BCUT2D eigenvalue weighted by Gasteiger charge is -2.33. The van der Waals surface area contributed by atoms with Crippen LogP contribution in [0.4, 0.5) is 0 Å². The number of hydrogen-bond acceptors (Lipinski definition) is 6. The molecule has 7 nitrogen and oxygen atoms in total. The molecule has 0 radical (unpaired) electrons. The highest BCUT2D eigenvalue weighted by Gasteiger charge is 2.25. The van der Waals surface area contributed by atoms with Crippen molar-refractivity contribution < 1.29 is 8.42 Å². The third-order valence-corrected chi connectivity index (χ3v) is 8.23. The van der Waals surface area contributed by atoms with Crippen molar-refractivity contribution in [2.45, 2.75) is 6.54 Å². The highest BCUT2D eigenvalue weighted by molar-refractivity contribution is 7.92. The van der Waals surface area contributed by atoms with Gasteiger partial charge in [-0.25, -0.2) is 13.4 Å². The highest BCUT2D eigenvalue weighted by Crippen LogP contribution is 2.24. The zero-order chi connectivity index (χ0) is 23.5. The third-order valence-electron chi connectivity index (χ3n) is 5.84.